The van der Waals surface area contributed by atoms with Crippen molar-refractivity contribution >= 4 is 44.4 Å². The summed E-state index contributed by atoms with van der Waals surface area (Å²) in [6.07, 6.45) is 0. The molecule has 0 aliphatic heterocycles. The minimum atomic E-state index is 0.706. The van der Waals surface area contributed by atoms with Gasteiger partial charge < -0.3 is 0 Å². The molecule has 220 valence electrons. The lowest BCUT2D eigenvalue weighted by Crippen LogP contribution is -1.95. The van der Waals surface area contributed by atoms with Crippen LogP contribution in [-0.2, 0) is 0 Å². The van der Waals surface area contributed by atoms with Gasteiger partial charge in [0.25, 0.3) is 0 Å². The van der Waals surface area contributed by atoms with Crippen LogP contribution in [0.4, 0.5) is 0 Å². The van der Waals surface area contributed by atoms with Crippen LogP contribution >= 0.6 is 11.7 Å². The van der Waals surface area contributed by atoms with Crippen molar-refractivity contribution in [1.82, 2.24) is 23.7 Å². The lowest BCUT2D eigenvalue weighted by Gasteiger charge is -2.12. The molecule has 0 amide bonds. The smallest absolute Gasteiger partial charge is 0.160 e. The summed E-state index contributed by atoms with van der Waals surface area (Å²) in [7, 11) is 0. The SMILES string of the molecule is c1ccc(-c2cc(-c3ccc(-c4ccc5c(c4)nc(-c4ccccc4)c4ccc6nsnc6c45)cc3)nc(-c3ccccc3)n2)cc1. The number of benzene rings is 6. The molecule has 0 saturated carbocycles. The van der Waals surface area contributed by atoms with E-state index in [9.17, 15) is 0 Å². The van der Waals surface area contributed by atoms with Crippen molar-refractivity contribution in [2.24, 2.45) is 0 Å². The maximum atomic E-state index is 5.23. The van der Waals surface area contributed by atoms with Gasteiger partial charge in [0.1, 0.15) is 11.0 Å². The first kappa shape index (κ1) is 27.2. The Bertz CT molecular complexity index is 2490. The molecule has 0 fully saturated rings. The summed E-state index contributed by atoms with van der Waals surface area (Å²) in [5.41, 5.74) is 11.8. The van der Waals surface area contributed by atoms with E-state index in [0.717, 1.165) is 83.2 Å². The van der Waals surface area contributed by atoms with E-state index >= 15 is 0 Å². The van der Waals surface area contributed by atoms with E-state index in [0.29, 0.717) is 5.82 Å². The Labute approximate surface area is 275 Å². The highest BCUT2D eigenvalue weighted by Crippen LogP contribution is 2.38. The maximum Gasteiger partial charge on any atom is 0.160 e. The number of hydrogen-bond acceptors (Lipinski definition) is 6. The molecule has 9 aromatic rings. The van der Waals surface area contributed by atoms with Crippen molar-refractivity contribution in [2.75, 3.05) is 0 Å². The first-order valence-electron chi connectivity index (χ1n) is 15.4. The summed E-state index contributed by atoms with van der Waals surface area (Å²) in [4.78, 5) is 15.2. The second-order valence-corrected chi connectivity index (χ2v) is 12.0. The molecule has 0 spiro atoms. The largest absolute Gasteiger partial charge is 0.247 e. The molecule has 0 aliphatic carbocycles. The fourth-order valence-electron chi connectivity index (χ4n) is 6.23. The molecule has 0 unspecified atom stereocenters. The third-order valence-corrected chi connectivity index (χ3v) is 9.11. The lowest BCUT2D eigenvalue weighted by molar-refractivity contribution is 1.18. The third kappa shape index (κ3) is 4.92. The van der Waals surface area contributed by atoms with Gasteiger partial charge in [-0.2, -0.15) is 8.75 Å². The van der Waals surface area contributed by atoms with Crippen molar-refractivity contribution in [2.45, 2.75) is 0 Å². The highest BCUT2D eigenvalue weighted by Gasteiger charge is 2.16. The van der Waals surface area contributed by atoms with Gasteiger partial charge in [0.05, 0.1) is 34.3 Å². The summed E-state index contributed by atoms with van der Waals surface area (Å²) in [6, 6.07) is 52.1. The average molecular weight is 620 g/mol. The highest BCUT2D eigenvalue weighted by molar-refractivity contribution is 7.00. The van der Waals surface area contributed by atoms with Crippen LogP contribution in [-0.4, -0.2) is 23.7 Å². The molecule has 3 aromatic heterocycles. The van der Waals surface area contributed by atoms with Gasteiger partial charge in [-0.15, -0.1) is 0 Å². The summed E-state index contributed by atoms with van der Waals surface area (Å²) >= 11 is 1.25. The van der Waals surface area contributed by atoms with Gasteiger partial charge in [-0.3, -0.25) is 0 Å². The summed E-state index contributed by atoms with van der Waals surface area (Å²) in [6.45, 7) is 0. The zero-order valence-corrected chi connectivity index (χ0v) is 25.9. The number of hydrogen-bond donors (Lipinski definition) is 0. The van der Waals surface area contributed by atoms with Gasteiger partial charge in [-0.25, -0.2) is 15.0 Å². The molecule has 0 aliphatic rings. The average Bonchev–Trinajstić information content (AvgIpc) is 3.65. The molecule has 9 rings (SSSR count). The van der Waals surface area contributed by atoms with Crippen LogP contribution in [0.5, 0.6) is 0 Å². The molecule has 0 atom stereocenters. The Kier molecular flexibility index (Phi) is 6.58. The number of fused-ring (bicyclic) bond motifs is 5. The van der Waals surface area contributed by atoms with Crippen LogP contribution in [0.15, 0.2) is 152 Å². The van der Waals surface area contributed by atoms with E-state index < -0.39 is 0 Å². The second-order valence-electron chi connectivity index (χ2n) is 11.4. The number of pyridine rings is 1. The molecule has 5 nitrogen and oxygen atoms in total. The third-order valence-electron chi connectivity index (χ3n) is 8.57. The molecule has 6 aromatic carbocycles. The summed E-state index contributed by atoms with van der Waals surface area (Å²) < 4.78 is 9.22. The van der Waals surface area contributed by atoms with Gasteiger partial charge in [0.2, 0.25) is 0 Å². The number of nitrogens with zero attached hydrogens (tertiary/aromatic N) is 5. The molecule has 0 bridgehead atoms. The van der Waals surface area contributed by atoms with Crippen molar-refractivity contribution in [1.29, 1.82) is 0 Å². The van der Waals surface area contributed by atoms with Gasteiger partial charge in [0, 0.05) is 38.4 Å². The first-order chi connectivity index (χ1) is 23.3. The minimum Gasteiger partial charge on any atom is -0.247 e. The van der Waals surface area contributed by atoms with E-state index in [1.165, 1.54) is 11.7 Å². The predicted octanol–water partition coefficient (Wildman–Crippen LogP) is 10.5. The monoisotopic (exact) mass is 619 g/mol. The standard InChI is InChI=1S/C41H25N5S/c1-4-10-27(11-5-1)35-25-36(44-41(43-35)30-14-8-3-9-15-30)28-18-16-26(17-19-28)31-20-21-32-37(24-31)42-39(29-12-6-2-7-13-29)33-22-23-34-40(38(32)33)46-47-45-34/h1-25H. The Morgan fingerprint density at radius 1 is 0.383 bits per heavy atom. The molecule has 0 saturated heterocycles. The van der Waals surface area contributed by atoms with Crippen LogP contribution in [0.3, 0.4) is 0 Å². The lowest BCUT2D eigenvalue weighted by atomic mass is 9.96. The summed E-state index contributed by atoms with van der Waals surface area (Å²) in [5, 5.41) is 3.24. The van der Waals surface area contributed by atoms with E-state index in [2.05, 4.69) is 95.4 Å². The number of rotatable bonds is 5. The van der Waals surface area contributed by atoms with Gasteiger partial charge >= 0.3 is 0 Å². The van der Waals surface area contributed by atoms with Crippen LogP contribution in [0.1, 0.15) is 0 Å². The van der Waals surface area contributed by atoms with E-state index in [-0.39, 0.29) is 0 Å². The Balaban J connectivity index is 1.15. The van der Waals surface area contributed by atoms with Crippen LogP contribution in [0, 0.1) is 0 Å². The Morgan fingerprint density at radius 3 is 1.66 bits per heavy atom. The molecule has 0 radical (unpaired) electrons. The maximum absolute atomic E-state index is 5.23. The zero-order valence-electron chi connectivity index (χ0n) is 25.1. The minimum absolute atomic E-state index is 0.706. The van der Waals surface area contributed by atoms with Gasteiger partial charge in [-0.1, -0.05) is 127 Å². The molecule has 3 heterocycles. The van der Waals surface area contributed by atoms with E-state index in [4.69, 9.17) is 19.3 Å². The highest BCUT2D eigenvalue weighted by atomic mass is 32.1. The van der Waals surface area contributed by atoms with Gasteiger partial charge in [-0.05, 0) is 35.4 Å². The molecule has 47 heavy (non-hydrogen) atoms. The Morgan fingerprint density at radius 2 is 0.957 bits per heavy atom. The van der Waals surface area contributed by atoms with Crippen molar-refractivity contribution < 1.29 is 0 Å². The van der Waals surface area contributed by atoms with Crippen molar-refractivity contribution in [3.8, 4) is 56.3 Å². The number of aromatic nitrogens is 5. The van der Waals surface area contributed by atoms with Crippen molar-refractivity contribution in [3.63, 3.8) is 0 Å². The van der Waals surface area contributed by atoms with E-state index in [1.54, 1.807) is 0 Å². The quantitative estimate of drug-likeness (QED) is 0.179. The molecular weight excluding hydrogens is 595 g/mol. The van der Waals surface area contributed by atoms with E-state index in [1.807, 2.05) is 60.7 Å². The first-order valence-corrected chi connectivity index (χ1v) is 16.2. The Hall–Kier alpha value is -6.11. The molecular formula is C41H25N5S. The predicted molar refractivity (Wildman–Crippen MR) is 193 cm³/mol. The van der Waals surface area contributed by atoms with Gasteiger partial charge in [0.15, 0.2) is 5.82 Å². The molecule has 6 heteroatoms. The van der Waals surface area contributed by atoms with Crippen LogP contribution in [0.2, 0.25) is 0 Å². The molecule has 0 N–H and O–H groups in total. The summed E-state index contributed by atoms with van der Waals surface area (Å²) in [5.74, 6) is 0.706. The normalized spacial score (nSPS) is 11.4. The van der Waals surface area contributed by atoms with Crippen molar-refractivity contribution in [3.05, 3.63) is 152 Å². The van der Waals surface area contributed by atoms with Crippen LogP contribution in [0.25, 0.3) is 89.0 Å². The fourth-order valence-corrected chi connectivity index (χ4v) is 6.78. The zero-order chi connectivity index (χ0) is 31.2. The fraction of sp³-hybridized carbons (Fsp3) is 0. The van der Waals surface area contributed by atoms with Crippen LogP contribution < -0.4 is 0 Å². The second kappa shape index (κ2) is 11.4. The topological polar surface area (TPSA) is 64.5 Å².